The minimum atomic E-state index is 0.748. The summed E-state index contributed by atoms with van der Waals surface area (Å²) in [5.41, 5.74) is 0. The number of hydrogen-bond donors (Lipinski definition) is 1. The summed E-state index contributed by atoms with van der Waals surface area (Å²) in [6.45, 7) is 3.44. The van der Waals surface area contributed by atoms with Gasteiger partial charge in [-0.25, -0.2) is 0 Å². The fraction of sp³-hybridized carbons (Fsp3) is 0.571. The molecule has 0 heterocycles. The van der Waals surface area contributed by atoms with Crippen LogP contribution in [-0.2, 0) is 4.74 Å². The van der Waals surface area contributed by atoms with Crippen molar-refractivity contribution in [3.8, 4) is 11.5 Å². The molecule has 1 aromatic carbocycles. The number of nitrogens with one attached hydrogen (secondary N) is 1. The van der Waals surface area contributed by atoms with E-state index in [1.54, 1.807) is 14.2 Å². The van der Waals surface area contributed by atoms with Crippen LogP contribution in [0.4, 0.5) is 0 Å². The number of ether oxygens (including phenoxy) is 3. The second kappa shape index (κ2) is 9.74. The number of unbranched alkanes of at least 4 members (excludes halogenated alkanes) is 1. The van der Waals surface area contributed by atoms with Crippen LogP contribution in [0, 0.1) is 0 Å². The summed E-state index contributed by atoms with van der Waals surface area (Å²) in [6.07, 6.45) is 2.16. The molecule has 0 aromatic heterocycles. The molecule has 0 unspecified atom stereocenters. The summed E-state index contributed by atoms with van der Waals surface area (Å²) in [5, 5.41) is 3.30. The third-order valence-electron chi connectivity index (χ3n) is 2.56. The fourth-order valence-electron chi connectivity index (χ4n) is 1.51. The molecule has 18 heavy (non-hydrogen) atoms. The summed E-state index contributed by atoms with van der Waals surface area (Å²) < 4.78 is 15.7. The lowest BCUT2D eigenvalue weighted by molar-refractivity contribution is 0.199. The van der Waals surface area contributed by atoms with Gasteiger partial charge in [-0.1, -0.05) is 0 Å². The smallest absolute Gasteiger partial charge is 0.119 e. The van der Waals surface area contributed by atoms with E-state index in [-0.39, 0.29) is 0 Å². The van der Waals surface area contributed by atoms with E-state index in [1.807, 2.05) is 24.3 Å². The van der Waals surface area contributed by atoms with Crippen LogP contribution in [0.5, 0.6) is 11.5 Å². The molecule has 0 aliphatic rings. The van der Waals surface area contributed by atoms with Crippen LogP contribution >= 0.6 is 0 Å². The molecule has 0 radical (unpaired) electrons. The van der Waals surface area contributed by atoms with Gasteiger partial charge in [-0.3, -0.25) is 0 Å². The monoisotopic (exact) mass is 253 g/mol. The first-order valence-corrected chi connectivity index (χ1v) is 6.33. The molecular formula is C14H23NO3. The molecule has 4 nitrogen and oxygen atoms in total. The molecule has 4 heteroatoms. The highest BCUT2D eigenvalue weighted by Gasteiger charge is 1.95. The lowest BCUT2D eigenvalue weighted by Crippen LogP contribution is -2.20. The molecule has 0 amide bonds. The minimum Gasteiger partial charge on any atom is -0.497 e. The zero-order valence-electron chi connectivity index (χ0n) is 11.3. The first kappa shape index (κ1) is 14.8. The Morgan fingerprint density at radius 1 is 0.889 bits per heavy atom. The van der Waals surface area contributed by atoms with Gasteiger partial charge in [0.2, 0.25) is 0 Å². The van der Waals surface area contributed by atoms with E-state index in [0.717, 1.165) is 50.6 Å². The van der Waals surface area contributed by atoms with Crippen LogP contribution in [0.3, 0.4) is 0 Å². The van der Waals surface area contributed by atoms with Crippen molar-refractivity contribution in [2.75, 3.05) is 40.5 Å². The van der Waals surface area contributed by atoms with E-state index in [1.165, 1.54) is 0 Å². The Balaban J connectivity index is 2.00. The average molecular weight is 253 g/mol. The molecule has 0 spiro atoms. The highest BCUT2D eigenvalue weighted by Crippen LogP contribution is 2.17. The van der Waals surface area contributed by atoms with E-state index in [0.29, 0.717) is 0 Å². The molecule has 0 atom stereocenters. The molecule has 0 fully saturated rings. The maximum atomic E-state index is 5.63. The highest BCUT2D eigenvalue weighted by atomic mass is 16.5. The third-order valence-corrected chi connectivity index (χ3v) is 2.56. The molecule has 0 bridgehead atoms. The summed E-state index contributed by atoms with van der Waals surface area (Å²) in [6, 6.07) is 7.66. The van der Waals surface area contributed by atoms with Gasteiger partial charge in [-0.05, 0) is 43.7 Å². The predicted molar refractivity (Wildman–Crippen MR) is 72.5 cm³/mol. The standard InChI is InChI=1S/C14H23NO3/c1-16-12-10-15-9-3-4-11-18-14-7-5-13(17-2)6-8-14/h5-8,15H,3-4,9-12H2,1-2H3. The molecule has 0 aliphatic heterocycles. The van der Waals surface area contributed by atoms with Crippen LogP contribution in [0.1, 0.15) is 12.8 Å². The van der Waals surface area contributed by atoms with Crippen LogP contribution in [0.25, 0.3) is 0 Å². The Kier molecular flexibility index (Phi) is 8.01. The summed E-state index contributed by atoms with van der Waals surface area (Å²) in [5.74, 6) is 1.74. The van der Waals surface area contributed by atoms with Crippen molar-refractivity contribution < 1.29 is 14.2 Å². The summed E-state index contributed by atoms with van der Waals surface area (Å²) >= 11 is 0. The van der Waals surface area contributed by atoms with E-state index >= 15 is 0 Å². The molecular weight excluding hydrogens is 230 g/mol. The van der Waals surface area contributed by atoms with Gasteiger partial charge in [0.05, 0.1) is 20.3 Å². The topological polar surface area (TPSA) is 39.7 Å². The van der Waals surface area contributed by atoms with Crippen LogP contribution in [0.2, 0.25) is 0 Å². The Bertz CT molecular complexity index is 300. The predicted octanol–water partition coefficient (Wildman–Crippen LogP) is 2.09. The van der Waals surface area contributed by atoms with Crippen molar-refractivity contribution in [3.63, 3.8) is 0 Å². The number of hydrogen-bond acceptors (Lipinski definition) is 4. The van der Waals surface area contributed by atoms with Crippen molar-refractivity contribution in [3.05, 3.63) is 24.3 Å². The number of benzene rings is 1. The van der Waals surface area contributed by atoms with Crippen molar-refractivity contribution in [1.29, 1.82) is 0 Å². The Labute approximate surface area is 109 Å². The van der Waals surface area contributed by atoms with Gasteiger partial charge in [0.25, 0.3) is 0 Å². The largest absolute Gasteiger partial charge is 0.497 e. The zero-order chi connectivity index (χ0) is 13.1. The second-order valence-corrected chi connectivity index (χ2v) is 3.97. The quantitative estimate of drug-likeness (QED) is 0.648. The Morgan fingerprint density at radius 2 is 1.61 bits per heavy atom. The first-order valence-electron chi connectivity index (χ1n) is 6.33. The fourth-order valence-corrected chi connectivity index (χ4v) is 1.51. The highest BCUT2D eigenvalue weighted by molar-refractivity contribution is 5.31. The van der Waals surface area contributed by atoms with Gasteiger partial charge in [-0.15, -0.1) is 0 Å². The lowest BCUT2D eigenvalue weighted by atomic mass is 10.3. The molecule has 102 valence electrons. The number of rotatable bonds is 10. The third kappa shape index (κ3) is 6.47. The maximum Gasteiger partial charge on any atom is 0.119 e. The molecule has 0 saturated heterocycles. The molecule has 0 aliphatic carbocycles. The van der Waals surface area contributed by atoms with Gasteiger partial charge < -0.3 is 19.5 Å². The summed E-state index contributed by atoms with van der Waals surface area (Å²) in [7, 11) is 3.37. The van der Waals surface area contributed by atoms with Crippen LogP contribution in [0.15, 0.2) is 24.3 Å². The molecule has 0 saturated carbocycles. The second-order valence-electron chi connectivity index (χ2n) is 3.97. The van der Waals surface area contributed by atoms with Crippen molar-refractivity contribution >= 4 is 0 Å². The van der Waals surface area contributed by atoms with Gasteiger partial charge in [0, 0.05) is 13.7 Å². The SMILES string of the molecule is COCCNCCCCOc1ccc(OC)cc1. The molecule has 1 N–H and O–H groups in total. The van der Waals surface area contributed by atoms with Crippen LogP contribution in [-0.4, -0.2) is 40.5 Å². The van der Waals surface area contributed by atoms with Crippen molar-refractivity contribution in [2.24, 2.45) is 0 Å². The van der Waals surface area contributed by atoms with Gasteiger partial charge in [-0.2, -0.15) is 0 Å². The minimum absolute atomic E-state index is 0.748. The van der Waals surface area contributed by atoms with E-state index in [4.69, 9.17) is 14.2 Å². The maximum absolute atomic E-state index is 5.63. The first-order chi connectivity index (χ1) is 8.86. The van der Waals surface area contributed by atoms with Crippen LogP contribution < -0.4 is 14.8 Å². The normalized spacial score (nSPS) is 10.3. The Hall–Kier alpha value is -1.26. The molecule has 1 rings (SSSR count). The van der Waals surface area contributed by atoms with Crippen molar-refractivity contribution in [2.45, 2.75) is 12.8 Å². The Morgan fingerprint density at radius 3 is 2.28 bits per heavy atom. The lowest BCUT2D eigenvalue weighted by Gasteiger charge is -2.07. The van der Waals surface area contributed by atoms with Crippen molar-refractivity contribution in [1.82, 2.24) is 5.32 Å². The van der Waals surface area contributed by atoms with Gasteiger partial charge in [0.1, 0.15) is 11.5 Å². The average Bonchev–Trinajstić information content (AvgIpc) is 2.42. The summed E-state index contributed by atoms with van der Waals surface area (Å²) in [4.78, 5) is 0. The number of methoxy groups -OCH3 is 2. The van der Waals surface area contributed by atoms with Gasteiger partial charge >= 0.3 is 0 Å². The zero-order valence-corrected chi connectivity index (χ0v) is 11.3. The van der Waals surface area contributed by atoms with Gasteiger partial charge in [0.15, 0.2) is 0 Å². The van der Waals surface area contributed by atoms with E-state index in [9.17, 15) is 0 Å². The molecule has 1 aromatic rings. The van der Waals surface area contributed by atoms with E-state index in [2.05, 4.69) is 5.32 Å². The van der Waals surface area contributed by atoms with E-state index < -0.39 is 0 Å².